The molecule has 0 spiro atoms. The van der Waals surface area contributed by atoms with Crippen LogP contribution in [0.15, 0.2) is 46.7 Å². The number of carbonyl (C=O) groups is 1. The van der Waals surface area contributed by atoms with Crippen LogP contribution in [0.1, 0.15) is 20.8 Å². The van der Waals surface area contributed by atoms with E-state index in [-0.39, 0.29) is 5.97 Å². The van der Waals surface area contributed by atoms with Crippen LogP contribution in [0.3, 0.4) is 0 Å². The molecule has 0 saturated heterocycles. The van der Waals surface area contributed by atoms with Crippen LogP contribution in [0.4, 0.5) is 0 Å². The minimum Gasteiger partial charge on any atom is -0.456 e. The molecule has 0 unspecified atom stereocenters. The summed E-state index contributed by atoms with van der Waals surface area (Å²) in [6.07, 6.45) is 0. The van der Waals surface area contributed by atoms with Gasteiger partial charge in [0.25, 0.3) is 0 Å². The number of hydrogen-bond donors (Lipinski definition) is 0. The van der Waals surface area contributed by atoms with Gasteiger partial charge in [0, 0.05) is 4.90 Å². The molecule has 1 aromatic carbocycles. The lowest BCUT2D eigenvalue weighted by atomic mass is 10.2. The molecule has 16 heavy (non-hydrogen) atoms. The first-order valence-electron chi connectivity index (χ1n) is 5.03. The molecule has 0 atom stereocenters. The molecule has 3 heteroatoms. The Kier molecular flexibility index (Phi) is 4.19. The minimum atomic E-state index is -0.475. The highest BCUT2D eigenvalue weighted by Gasteiger charge is 2.19. The van der Waals surface area contributed by atoms with Crippen LogP contribution in [0.25, 0.3) is 0 Å². The summed E-state index contributed by atoms with van der Waals surface area (Å²) in [4.78, 5) is 13.0. The van der Waals surface area contributed by atoms with Crippen molar-refractivity contribution < 1.29 is 9.53 Å². The second-order valence-electron chi connectivity index (χ2n) is 4.34. The molecule has 1 aromatic rings. The van der Waals surface area contributed by atoms with Crippen LogP contribution >= 0.6 is 11.8 Å². The molecule has 0 aromatic heterocycles. The third kappa shape index (κ3) is 4.53. The van der Waals surface area contributed by atoms with E-state index in [1.165, 1.54) is 11.8 Å². The van der Waals surface area contributed by atoms with Crippen molar-refractivity contribution in [2.45, 2.75) is 31.3 Å². The smallest absolute Gasteiger partial charge is 0.344 e. The standard InChI is InChI=1S/C13H16O2S/c1-10(12(14)15-13(2,3)4)16-11-8-6-5-7-9-11/h5-9H,1H2,2-4H3. The Bertz CT molecular complexity index is 377. The van der Waals surface area contributed by atoms with E-state index >= 15 is 0 Å². The Morgan fingerprint density at radius 2 is 1.81 bits per heavy atom. The van der Waals surface area contributed by atoms with Crippen molar-refractivity contribution in [3.8, 4) is 0 Å². The maximum atomic E-state index is 11.6. The minimum absolute atomic E-state index is 0.360. The Hall–Kier alpha value is -1.22. The van der Waals surface area contributed by atoms with Crippen molar-refractivity contribution in [3.05, 3.63) is 41.8 Å². The monoisotopic (exact) mass is 236 g/mol. The fourth-order valence-electron chi connectivity index (χ4n) is 1.01. The van der Waals surface area contributed by atoms with Gasteiger partial charge in [0.1, 0.15) is 5.60 Å². The summed E-state index contributed by atoms with van der Waals surface area (Å²) in [6, 6.07) is 9.64. The molecule has 0 aliphatic heterocycles. The highest BCUT2D eigenvalue weighted by Crippen LogP contribution is 2.26. The van der Waals surface area contributed by atoms with E-state index in [9.17, 15) is 4.79 Å². The normalized spacial score (nSPS) is 10.9. The summed E-state index contributed by atoms with van der Waals surface area (Å²) in [7, 11) is 0. The number of carbonyl (C=O) groups excluding carboxylic acids is 1. The topological polar surface area (TPSA) is 26.3 Å². The number of benzene rings is 1. The number of esters is 1. The summed E-state index contributed by atoms with van der Waals surface area (Å²) in [5.41, 5.74) is -0.475. The first-order valence-corrected chi connectivity index (χ1v) is 5.85. The predicted octanol–water partition coefficient (Wildman–Crippen LogP) is 3.63. The van der Waals surface area contributed by atoms with Crippen molar-refractivity contribution in [1.82, 2.24) is 0 Å². The van der Waals surface area contributed by atoms with E-state index in [4.69, 9.17) is 4.74 Å². The molecule has 0 aliphatic rings. The fourth-order valence-corrected chi connectivity index (χ4v) is 1.71. The molecular weight excluding hydrogens is 220 g/mol. The van der Waals surface area contributed by atoms with Gasteiger partial charge >= 0.3 is 5.97 Å². The molecule has 0 fully saturated rings. The van der Waals surface area contributed by atoms with Gasteiger partial charge in [-0.05, 0) is 32.9 Å². The number of hydrogen-bond acceptors (Lipinski definition) is 3. The Morgan fingerprint density at radius 1 is 1.25 bits per heavy atom. The SMILES string of the molecule is C=C(Sc1ccccc1)C(=O)OC(C)(C)C. The average Bonchev–Trinajstić information content (AvgIpc) is 2.16. The largest absolute Gasteiger partial charge is 0.456 e. The molecule has 0 heterocycles. The number of ether oxygens (including phenoxy) is 1. The molecule has 0 aliphatic carbocycles. The second kappa shape index (κ2) is 5.21. The van der Waals surface area contributed by atoms with Crippen molar-refractivity contribution in [2.24, 2.45) is 0 Å². The predicted molar refractivity (Wildman–Crippen MR) is 67.3 cm³/mol. The van der Waals surface area contributed by atoms with Gasteiger partial charge in [0.05, 0.1) is 4.91 Å². The van der Waals surface area contributed by atoms with Gasteiger partial charge in [-0.2, -0.15) is 0 Å². The third-order valence-corrected chi connectivity index (χ3v) is 2.53. The fraction of sp³-hybridized carbons (Fsp3) is 0.308. The molecular formula is C13H16O2S. The lowest BCUT2D eigenvalue weighted by Gasteiger charge is -2.19. The maximum Gasteiger partial charge on any atom is 0.344 e. The zero-order chi connectivity index (χ0) is 12.2. The van der Waals surface area contributed by atoms with E-state index in [1.54, 1.807) is 0 Å². The third-order valence-electron chi connectivity index (χ3n) is 1.61. The first-order chi connectivity index (χ1) is 7.38. The Labute approximate surface area is 101 Å². The number of thioether (sulfide) groups is 1. The molecule has 86 valence electrons. The van der Waals surface area contributed by atoms with Gasteiger partial charge in [0.15, 0.2) is 0 Å². The van der Waals surface area contributed by atoms with E-state index in [1.807, 2.05) is 51.1 Å². The zero-order valence-corrected chi connectivity index (χ0v) is 10.6. The Balaban J connectivity index is 2.57. The molecule has 0 N–H and O–H groups in total. The van der Waals surface area contributed by atoms with Gasteiger partial charge in [0.2, 0.25) is 0 Å². The zero-order valence-electron chi connectivity index (χ0n) is 9.82. The van der Waals surface area contributed by atoms with Crippen LogP contribution in [0.2, 0.25) is 0 Å². The molecule has 1 rings (SSSR count). The highest BCUT2D eigenvalue weighted by molar-refractivity contribution is 8.04. The van der Waals surface area contributed by atoms with Gasteiger partial charge in [-0.3, -0.25) is 0 Å². The van der Waals surface area contributed by atoms with Crippen molar-refractivity contribution in [3.63, 3.8) is 0 Å². The number of rotatable bonds is 3. The summed E-state index contributed by atoms with van der Waals surface area (Å²) < 4.78 is 5.21. The van der Waals surface area contributed by atoms with Crippen LogP contribution in [-0.2, 0) is 9.53 Å². The second-order valence-corrected chi connectivity index (χ2v) is 5.51. The van der Waals surface area contributed by atoms with E-state index < -0.39 is 5.60 Å². The van der Waals surface area contributed by atoms with Crippen molar-refractivity contribution in [2.75, 3.05) is 0 Å². The van der Waals surface area contributed by atoms with Crippen LogP contribution in [0.5, 0.6) is 0 Å². The van der Waals surface area contributed by atoms with Crippen molar-refractivity contribution >= 4 is 17.7 Å². The molecule has 0 amide bonds. The van der Waals surface area contributed by atoms with Crippen molar-refractivity contribution in [1.29, 1.82) is 0 Å². The van der Waals surface area contributed by atoms with Gasteiger partial charge in [-0.1, -0.05) is 36.5 Å². The van der Waals surface area contributed by atoms with Gasteiger partial charge in [-0.25, -0.2) is 4.79 Å². The summed E-state index contributed by atoms with van der Waals surface area (Å²) in [5, 5.41) is 0. The lowest BCUT2D eigenvalue weighted by molar-refractivity contribution is -0.148. The van der Waals surface area contributed by atoms with Crippen LogP contribution in [0, 0.1) is 0 Å². The van der Waals surface area contributed by atoms with Gasteiger partial charge < -0.3 is 4.74 Å². The average molecular weight is 236 g/mol. The Morgan fingerprint density at radius 3 is 2.31 bits per heavy atom. The quantitative estimate of drug-likeness (QED) is 0.455. The summed E-state index contributed by atoms with van der Waals surface area (Å²) >= 11 is 1.32. The summed E-state index contributed by atoms with van der Waals surface area (Å²) in [5.74, 6) is -0.360. The molecule has 2 nitrogen and oxygen atoms in total. The first kappa shape index (κ1) is 12.8. The molecule has 0 radical (unpaired) electrons. The summed E-state index contributed by atoms with van der Waals surface area (Å²) in [6.45, 7) is 9.24. The molecule has 0 saturated carbocycles. The van der Waals surface area contributed by atoms with Crippen LogP contribution in [-0.4, -0.2) is 11.6 Å². The molecule has 0 bridgehead atoms. The van der Waals surface area contributed by atoms with E-state index in [2.05, 4.69) is 6.58 Å². The highest BCUT2D eigenvalue weighted by atomic mass is 32.2. The maximum absolute atomic E-state index is 11.6. The lowest BCUT2D eigenvalue weighted by Crippen LogP contribution is -2.24. The van der Waals surface area contributed by atoms with E-state index in [0.29, 0.717) is 4.91 Å². The van der Waals surface area contributed by atoms with Crippen LogP contribution < -0.4 is 0 Å². The van der Waals surface area contributed by atoms with E-state index in [0.717, 1.165) is 4.90 Å². The van der Waals surface area contributed by atoms with Gasteiger partial charge in [-0.15, -0.1) is 0 Å².